The number of ether oxygens (including phenoxy) is 1. The summed E-state index contributed by atoms with van der Waals surface area (Å²) in [5.41, 5.74) is 2.04. The lowest BCUT2D eigenvalue weighted by atomic mass is 9.86. The summed E-state index contributed by atoms with van der Waals surface area (Å²) in [5, 5.41) is 0.131. The molecule has 0 saturated heterocycles. The Balaban J connectivity index is 2.27. The first-order valence-electron chi connectivity index (χ1n) is 8.46. The van der Waals surface area contributed by atoms with Crippen molar-refractivity contribution in [3.05, 3.63) is 64.2 Å². The molecule has 0 fully saturated rings. The van der Waals surface area contributed by atoms with Crippen molar-refractivity contribution in [3.63, 3.8) is 0 Å². The highest BCUT2D eigenvalue weighted by Gasteiger charge is 2.22. The zero-order valence-electron chi connectivity index (χ0n) is 16.0. The van der Waals surface area contributed by atoms with Crippen LogP contribution in [0.1, 0.15) is 55.2 Å². The van der Waals surface area contributed by atoms with Gasteiger partial charge in [0, 0.05) is 6.04 Å². The molecule has 1 atom stereocenters. The first-order valence-corrected chi connectivity index (χ1v) is 10.3. The van der Waals surface area contributed by atoms with E-state index >= 15 is 0 Å². The van der Waals surface area contributed by atoms with Gasteiger partial charge >= 0.3 is 5.97 Å². The van der Waals surface area contributed by atoms with Crippen LogP contribution < -0.4 is 4.72 Å². The van der Waals surface area contributed by atoms with E-state index in [1.54, 1.807) is 6.92 Å². The summed E-state index contributed by atoms with van der Waals surface area (Å²) in [5.74, 6) is -0.692. The van der Waals surface area contributed by atoms with E-state index in [2.05, 4.69) is 30.2 Å². The van der Waals surface area contributed by atoms with Crippen LogP contribution in [0.4, 0.5) is 0 Å². The van der Waals surface area contributed by atoms with E-state index in [4.69, 9.17) is 11.6 Å². The number of benzene rings is 2. The molecule has 0 aromatic heterocycles. The van der Waals surface area contributed by atoms with Crippen LogP contribution in [-0.2, 0) is 20.2 Å². The number of hydrogen-bond acceptors (Lipinski definition) is 4. The second-order valence-corrected chi connectivity index (χ2v) is 9.47. The fraction of sp³-hybridized carbons (Fsp3) is 0.350. The summed E-state index contributed by atoms with van der Waals surface area (Å²) in [6.45, 7) is 8.12. The van der Waals surface area contributed by atoms with Crippen LogP contribution in [0, 0.1) is 0 Å². The van der Waals surface area contributed by atoms with Gasteiger partial charge < -0.3 is 4.74 Å². The monoisotopic (exact) mass is 409 g/mol. The van der Waals surface area contributed by atoms with E-state index in [1.165, 1.54) is 30.9 Å². The number of hydrogen-bond donors (Lipinski definition) is 1. The van der Waals surface area contributed by atoms with Crippen LogP contribution in [0.5, 0.6) is 0 Å². The van der Waals surface area contributed by atoms with Crippen molar-refractivity contribution >= 4 is 27.6 Å². The second kappa shape index (κ2) is 8.00. The Bertz CT molecular complexity index is 931. The summed E-state index contributed by atoms with van der Waals surface area (Å²) >= 11 is 5.96. The lowest BCUT2D eigenvalue weighted by molar-refractivity contribution is 0.0600. The highest BCUT2D eigenvalue weighted by Crippen LogP contribution is 2.26. The van der Waals surface area contributed by atoms with Crippen LogP contribution in [0.2, 0.25) is 5.02 Å². The Hall–Kier alpha value is -1.89. The lowest BCUT2D eigenvalue weighted by Gasteiger charge is -2.21. The van der Waals surface area contributed by atoms with Crippen molar-refractivity contribution in [2.75, 3.05) is 7.11 Å². The largest absolute Gasteiger partial charge is 0.465 e. The van der Waals surface area contributed by atoms with E-state index in [9.17, 15) is 13.2 Å². The molecule has 0 heterocycles. The molecule has 2 aromatic rings. The average Bonchev–Trinajstić information content (AvgIpc) is 2.60. The SMILES string of the molecule is COC(=O)c1cc(S(=O)(=O)N[C@H](C)c2ccc(C(C)(C)C)cc2)ccc1Cl. The van der Waals surface area contributed by atoms with Crippen molar-refractivity contribution in [2.45, 2.75) is 44.0 Å². The molecular formula is C20H24ClNO4S. The van der Waals surface area contributed by atoms with Crippen LogP contribution in [0.15, 0.2) is 47.4 Å². The van der Waals surface area contributed by atoms with Gasteiger partial charge in [-0.1, -0.05) is 56.6 Å². The van der Waals surface area contributed by atoms with Gasteiger partial charge in [-0.15, -0.1) is 0 Å². The summed E-state index contributed by atoms with van der Waals surface area (Å²) < 4.78 is 32.7. The number of rotatable bonds is 5. The van der Waals surface area contributed by atoms with E-state index < -0.39 is 22.0 Å². The smallest absolute Gasteiger partial charge is 0.339 e. The van der Waals surface area contributed by atoms with Gasteiger partial charge in [-0.2, -0.15) is 0 Å². The molecular weight excluding hydrogens is 386 g/mol. The Labute approximate surface area is 165 Å². The van der Waals surface area contributed by atoms with Gasteiger partial charge in [-0.05, 0) is 41.7 Å². The number of halogens is 1. The van der Waals surface area contributed by atoms with E-state index in [0.29, 0.717) is 0 Å². The molecule has 5 nitrogen and oxygen atoms in total. The maximum absolute atomic E-state index is 12.7. The molecule has 0 aliphatic rings. The Kier molecular flexibility index (Phi) is 6.35. The van der Waals surface area contributed by atoms with Gasteiger partial charge in [-0.25, -0.2) is 17.9 Å². The third kappa shape index (κ3) is 5.09. The maximum Gasteiger partial charge on any atom is 0.339 e. The molecule has 2 aromatic carbocycles. The van der Waals surface area contributed by atoms with E-state index in [1.807, 2.05) is 24.3 Å². The van der Waals surface area contributed by atoms with Crippen molar-refractivity contribution in [2.24, 2.45) is 0 Å². The normalized spacial score (nSPS) is 13.3. The highest BCUT2D eigenvalue weighted by molar-refractivity contribution is 7.89. The lowest BCUT2D eigenvalue weighted by Crippen LogP contribution is -2.27. The molecule has 2 rings (SSSR count). The molecule has 0 bridgehead atoms. The van der Waals surface area contributed by atoms with Crippen LogP contribution in [0.3, 0.4) is 0 Å². The highest BCUT2D eigenvalue weighted by atomic mass is 35.5. The summed E-state index contributed by atoms with van der Waals surface area (Å²) in [4.78, 5) is 11.7. The quantitative estimate of drug-likeness (QED) is 0.740. The summed E-state index contributed by atoms with van der Waals surface area (Å²) in [6.07, 6.45) is 0. The number of esters is 1. The number of carbonyl (C=O) groups excluding carboxylic acids is 1. The van der Waals surface area contributed by atoms with Crippen molar-refractivity contribution in [1.82, 2.24) is 4.72 Å². The molecule has 0 aliphatic heterocycles. The third-order valence-electron chi connectivity index (χ3n) is 4.26. The Morgan fingerprint density at radius 3 is 2.22 bits per heavy atom. The Morgan fingerprint density at radius 2 is 1.70 bits per heavy atom. The molecule has 0 radical (unpaired) electrons. The maximum atomic E-state index is 12.7. The van der Waals surface area contributed by atoms with Gasteiger partial charge in [-0.3, -0.25) is 0 Å². The number of carbonyl (C=O) groups is 1. The van der Waals surface area contributed by atoms with E-state index in [-0.39, 0.29) is 20.9 Å². The van der Waals surface area contributed by atoms with Gasteiger partial charge in [0.15, 0.2) is 0 Å². The summed E-state index contributed by atoms with van der Waals surface area (Å²) in [7, 11) is -2.63. The second-order valence-electron chi connectivity index (χ2n) is 7.35. The zero-order chi connectivity index (χ0) is 20.4. The van der Waals surface area contributed by atoms with E-state index in [0.717, 1.165) is 5.56 Å². The van der Waals surface area contributed by atoms with Gasteiger partial charge in [0.05, 0.1) is 22.6 Å². The zero-order valence-corrected chi connectivity index (χ0v) is 17.6. The van der Waals surface area contributed by atoms with Gasteiger partial charge in [0.25, 0.3) is 0 Å². The van der Waals surface area contributed by atoms with Crippen LogP contribution in [0.25, 0.3) is 0 Å². The minimum Gasteiger partial charge on any atom is -0.465 e. The molecule has 146 valence electrons. The summed E-state index contributed by atoms with van der Waals surface area (Å²) in [6, 6.07) is 11.3. The third-order valence-corrected chi connectivity index (χ3v) is 6.13. The topological polar surface area (TPSA) is 72.5 Å². The molecule has 27 heavy (non-hydrogen) atoms. The first-order chi connectivity index (χ1) is 12.5. The molecule has 0 spiro atoms. The van der Waals surface area contributed by atoms with Gasteiger partial charge in [0.1, 0.15) is 0 Å². The molecule has 0 saturated carbocycles. The molecule has 1 N–H and O–H groups in total. The molecule has 0 aliphatic carbocycles. The fourth-order valence-corrected chi connectivity index (χ4v) is 4.03. The standard InChI is InChI=1S/C20H24ClNO4S/c1-13(14-6-8-15(9-7-14)20(2,3)4)22-27(24,25)16-10-11-18(21)17(12-16)19(23)26-5/h6-13,22H,1-5H3/t13-/m1/s1. The van der Waals surface area contributed by atoms with Crippen LogP contribution in [-0.4, -0.2) is 21.5 Å². The Morgan fingerprint density at radius 1 is 1.11 bits per heavy atom. The molecule has 0 amide bonds. The number of sulfonamides is 1. The minimum absolute atomic E-state index is 0.00391. The van der Waals surface area contributed by atoms with Crippen LogP contribution >= 0.6 is 11.6 Å². The van der Waals surface area contributed by atoms with Gasteiger partial charge in [0.2, 0.25) is 10.0 Å². The van der Waals surface area contributed by atoms with Crippen molar-refractivity contribution in [3.8, 4) is 0 Å². The van der Waals surface area contributed by atoms with Crippen molar-refractivity contribution < 1.29 is 17.9 Å². The number of methoxy groups -OCH3 is 1. The minimum atomic E-state index is -3.84. The van der Waals surface area contributed by atoms with Crippen molar-refractivity contribution in [1.29, 1.82) is 0 Å². The predicted molar refractivity (Wildman–Crippen MR) is 107 cm³/mol. The average molecular weight is 410 g/mol. The fourth-order valence-electron chi connectivity index (χ4n) is 2.58. The predicted octanol–water partition coefficient (Wildman–Crippen LogP) is 4.46. The number of nitrogens with one attached hydrogen (secondary N) is 1. The molecule has 0 unspecified atom stereocenters. The first kappa shape index (κ1) is 21.4. The molecule has 7 heteroatoms.